The smallest absolute Gasteiger partial charge is 0.161 e. The van der Waals surface area contributed by atoms with Gasteiger partial charge in [0.25, 0.3) is 0 Å². The Morgan fingerprint density at radius 1 is 1.05 bits per heavy atom. The van der Waals surface area contributed by atoms with Gasteiger partial charge < -0.3 is 14.8 Å². The zero-order valence-corrected chi connectivity index (χ0v) is 12.3. The normalized spacial score (nSPS) is 19.5. The summed E-state index contributed by atoms with van der Waals surface area (Å²) in [5.74, 6) is 2.66. The summed E-state index contributed by atoms with van der Waals surface area (Å²) in [6, 6.07) is 16.3. The zero-order valence-electron chi connectivity index (χ0n) is 12.3. The topological polar surface area (TPSA) is 42.8 Å². The maximum absolute atomic E-state index is 6.00. The summed E-state index contributed by atoms with van der Waals surface area (Å²) in [5, 5.41) is 3.29. The largest absolute Gasteiger partial charge is 0.486 e. The molecule has 0 saturated heterocycles. The molecule has 2 aromatic rings. The van der Waals surface area contributed by atoms with Crippen molar-refractivity contribution in [3.8, 4) is 11.5 Å². The van der Waals surface area contributed by atoms with E-state index in [4.69, 9.17) is 9.47 Å². The van der Waals surface area contributed by atoms with E-state index in [9.17, 15) is 0 Å². The van der Waals surface area contributed by atoms with E-state index in [1.165, 1.54) is 5.56 Å². The molecule has 0 aromatic heterocycles. The third kappa shape index (κ3) is 2.64. The average molecular weight is 294 g/mol. The van der Waals surface area contributed by atoms with Crippen LogP contribution in [0.2, 0.25) is 0 Å². The Morgan fingerprint density at radius 2 is 1.86 bits per heavy atom. The van der Waals surface area contributed by atoms with Crippen molar-refractivity contribution >= 4 is 5.84 Å². The van der Waals surface area contributed by atoms with Crippen LogP contribution in [0.4, 0.5) is 0 Å². The second-order valence-electron chi connectivity index (χ2n) is 5.56. The van der Waals surface area contributed by atoms with E-state index in [1.54, 1.807) is 0 Å². The van der Waals surface area contributed by atoms with Gasteiger partial charge in [0, 0.05) is 18.5 Å². The number of rotatable bonds is 3. The highest BCUT2D eigenvalue weighted by Gasteiger charge is 2.20. The van der Waals surface area contributed by atoms with Crippen molar-refractivity contribution in [2.24, 2.45) is 4.99 Å². The summed E-state index contributed by atoms with van der Waals surface area (Å²) in [4.78, 5) is 4.44. The molecular weight excluding hydrogens is 276 g/mol. The molecule has 2 heterocycles. The summed E-state index contributed by atoms with van der Waals surface area (Å²) in [6.45, 7) is 2.39. The van der Waals surface area contributed by atoms with Crippen LogP contribution in [0.25, 0.3) is 0 Å². The van der Waals surface area contributed by atoms with E-state index in [0.717, 1.165) is 42.4 Å². The Balaban J connectivity index is 1.44. The minimum Gasteiger partial charge on any atom is -0.486 e. The van der Waals surface area contributed by atoms with Gasteiger partial charge in [0.05, 0.1) is 6.54 Å². The maximum Gasteiger partial charge on any atom is 0.161 e. The minimum absolute atomic E-state index is 0.0581. The van der Waals surface area contributed by atoms with E-state index >= 15 is 0 Å². The number of ether oxygens (including phenoxy) is 2. The first kappa shape index (κ1) is 13.2. The van der Waals surface area contributed by atoms with E-state index < -0.39 is 0 Å². The van der Waals surface area contributed by atoms with Crippen LogP contribution in [0.1, 0.15) is 11.1 Å². The van der Waals surface area contributed by atoms with Gasteiger partial charge in [-0.25, -0.2) is 0 Å². The minimum atomic E-state index is 0.0581. The molecule has 0 saturated carbocycles. The van der Waals surface area contributed by atoms with Gasteiger partial charge in [-0.1, -0.05) is 36.4 Å². The molecule has 112 valence electrons. The van der Waals surface area contributed by atoms with Crippen LogP contribution in [-0.2, 0) is 6.42 Å². The van der Waals surface area contributed by atoms with Gasteiger partial charge in [-0.2, -0.15) is 0 Å². The highest BCUT2D eigenvalue weighted by Crippen LogP contribution is 2.31. The quantitative estimate of drug-likeness (QED) is 0.945. The van der Waals surface area contributed by atoms with Crippen LogP contribution in [0.3, 0.4) is 0 Å². The lowest BCUT2D eigenvalue weighted by Gasteiger charge is -2.26. The van der Waals surface area contributed by atoms with Gasteiger partial charge in [0.2, 0.25) is 0 Å². The fourth-order valence-electron chi connectivity index (χ4n) is 2.82. The van der Waals surface area contributed by atoms with Crippen LogP contribution >= 0.6 is 0 Å². The summed E-state index contributed by atoms with van der Waals surface area (Å²) in [7, 11) is 0. The van der Waals surface area contributed by atoms with Crippen molar-refractivity contribution in [2.75, 3.05) is 19.7 Å². The van der Waals surface area contributed by atoms with Crippen molar-refractivity contribution in [1.29, 1.82) is 0 Å². The SMILES string of the molecule is c1ccc2c(c1)OCC(Cc1ccc(C3=NCCN3)cc1)O2. The first-order valence-corrected chi connectivity index (χ1v) is 7.64. The molecule has 0 fully saturated rings. The Hall–Kier alpha value is -2.49. The average Bonchev–Trinajstić information content (AvgIpc) is 3.10. The number of amidine groups is 1. The van der Waals surface area contributed by atoms with Crippen LogP contribution in [-0.4, -0.2) is 31.6 Å². The summed E-state index contributed by atoms with van der Waals surface area (Å²) < 4.78 is 11.8. The fraction of sp³-hybridized carbons (Fsp3) is 0.278. The van der Waals surface area contributed by atoms with Crippen molar-refractivity contribution in [3.63, 3.8) is 0 Å². The second-order valence-corrected chi connectivity index (χ2v) is 5.56. The predicted molar refractivity (Wildman–Crippen MR) is 85.9 cm³/mol. The molecule has 1 atom stereocenters. The first-order valence-electron chi connectivity index (χ1n) is 7.64. The highest BCUT2D eigenvalue weighted by atomic mass is 16.6. The van der Waals surface area contributed by atoms with Crippen LogP contribution in [0.15, 0.2) is 53.5 Å². The molecule has 1 unspecified atom stereocenters. The number of para-hydroxylation sites is 2. The monoisotopic (exact) mass is 294 g/mol. The van der Waals surface area contributed by atoms with E-state index in [0.29, 0.717) is 6.61 Å². The third-order valence-corrected chi connectivity index (χ3v) is 3.93. The number of benzene rings is 2. The van der Waals surface area contributed by atoms with Gasteiger partial charge in [-0.3, -0.25) is 4.99 Å². The van der Waals surface area contributed by atoms with Crippen molar-refractivity contribution in [3.05, 3.63) is 59.7 Å². The molecule has 1 N–H and O–H groups in total. The van der Waals surface area contributed by atoms with E-state index in [2.05, 4.69) is 34.6 Å². The Kier molecular flexibility index (Phi) is 3.43. The lowest BCUT2D eigenvalue weighted by molar-refractivity contribution is 0.0913. The van der Waals surface area contributed by atoms with Gasteiger partial charge in [0.1, 0.15) is 18.5 Å². The molecule has 0 aliphatic carbocycles. The van der Waals surface area contributed by atoms with Crippen LogP contribution in [0.5, 0.6) is 11.5 Å². The van der Waals surface area contributed by atoms with Crippen molar-refractivity contribution < 1.29 is 9.47 Å². The Bertz CT molecular complexity index is 694. The molecule has 4 rings (SSSR count). The van der Waals surface area contributed by atoms with E-state index in [-0.39, 0.29) is 6.10 Å². The molecule has 2 aromatic carbocycles. The predicted octanol–water partition coefficient (Wildman–Crippen LogP) is 2.42. The van der Waals surface area contributed by atoms with Gasteiger partial charge in [-0.15, -0.1) is 0 Å². The molecule has 0 spiro atoms. The number of hydrogen-bond donors (Lipinski definition) is 1. The molecule has 4 heteroatoms. The highest BCUT2D eigenvalue weighted by molar-refractivity contribution is 5.99. The van der Waals surface area contributed by atoms with Gasteiger partial charge in [-0.05, 0) is 17.7 Å². The number of aliphatic imine (C=N–C) groups is 1. The molecule has 2 aliphatic heterocycles. The fourth-order valence-corrected chi connectivity index (χ4v) is 2.82. The zero-order chi connectivity index (χ0) is 14.8. The summed E-state index contributed by atoms with van der Waals surface area (Å²) in [6.07, 6.45) is 0.900. The van der Waals surface area contributed by atoms with Crippen molar-refractivity contribution in [2.45, 2.75) is 12.5 Å². The molecule has 0 amide bonds. The number of nitrogens with one attached hydrogen (secondary N) is 1. The lowest BCUT2D eigenvalue weighted by Crippen LogP contribution is -2.31. The molecule has 2 aliphatic rings. The summed E-state index contributed by atoms with van der Waals surface area (Å²) in [5.41, 5.74) is 2.39. The Labute approximate surface area is 129 Å². The Morgan fingerprint density at radius 3 is 2.64 bits per heavy atom. The summed E-state index contributed by atoms with van der Waals surface area (Å²) >= 11 is 0. The number of nitrogens with zero attached hydrogens (tertiary/aromatic N) is 1. The van der Waals surface area contributed by atoms with Gasteiger partial charge >= 0.3 is 0 Å². The lowest BCUT2D eigenvalue weighted by atomic mass is 10.0. The molecule has 4 nitrogen and oxygen atoms in total. The molecular formula is C18H18N2O2. The molecule has 22 heavy (non-hydrogen) atoms. The molecule has 0 bridgehead atoms. The van der Waals surface area contributed by atoms with Crippen LogP contribution in [0, 0.1) is 0 Å². The number of hydrogen-bond acceptors (Lipinski definition) is 4. The van der Waals surface area contributed by atoms with Crippen molar-refractivity contribution in [1.82, 2.24) is 5.32 Å². The maximum atomic E-state index is 6.00. The van der Waals surface area contributed by atoms with Crippen LogP contribution < -0.4 is 14.8 Å². The molecule has 0 radical (unpaired) electrons. The number of fused-ring (bicyclic) bond motifs is 1. The first-order chi connectivity index (χ1) is 10.9. The third-order valence-electron chi connectivity index (χ3n) is 3.93. The second kappa shape index (κ2) is 5.72. The van der Waals surface area contributed by atoms with Gasteiger partial charge in [0.15, 0.2) is 11.5 Å². The van der Waals surface area contributed by atoms with E-state index in [1.807, 2.05) is 24.3 Å². The standard InChI is InChI=1S/C18H18N2O2/c1-2-4-17-16(3-1)21-12-15(22-17)11-13-5-7-14(8-6-13)18-19-9-10-20-18/h1-8,15H,9-12H2,(H,19,20).